The number of fused-ring (bicyclic) bond motifs is 3. The van der Waals surface area contributed by atoms with E-state index in [1.54, 1.807) is 0 Å². The molecule has 0 amide bonds. The summed E-state index contributed by atoms with van der Waals surface area (Å²) in [4.78, 5) is 8.87. The summed E-state index contributed by atoms with van der Waals surface area (Å²) in [5, 5.41) is 0. The van der Waals surface area contributed by atoms with Gasteiger partial charge in [0.2, 0.25) is 0 Å². The average molecular weight is 217 g/mol. The molecule has 0 fully saturated rings. The maximum absolute atomic E-state index is 5.58. The SMILES string of the molecule is Cn1cnc2c1CCn1c-2cnc1CCN. The number of aromatic nitrogens is 4. The van der Waals surface area contributed by atoms with Gasteiger partial charge in [-0.3, -0.25) is 0 Å². The first kappa shape index (κ1) is 9.59. The van der Waals surface area contributed by atoms with E-state index < -0.39 is 0 Å². The number of imidazole rings is 2. The van der Waals surface area contributed by atoms with Crippen molar-refractivity contribution in [1.29, 1.82) is 0 Å². The molecular formula is C11H15N5. The molecule has 0 bridgehead atoms. The molecule has 0 spiro atoms. The zero-order valence-electron chi connectivity index (χ0n) is 9.35. The molecule has 0 atom stereocenters. The molecule has 84 valence electrons. The number of hydrogen-bond donors (Lipinski definition) is 1. The number of aryl methyl sites for hydroxylation is 1. The van der Waals surface area contributed by atoms with Gasteiger partial charge in [-0.05, 0) is 6.54 Å². The smallest absolute Gasteiger partial charge is 0.110 e. The normalized spacial score (nSPS) is 13.6. The van der Waals surface area contributed by atoms with Crippen LogP contribution in [0.1, 0.15) is 11.5 Å². The summed E-state index contributed by atoms with van der Waals surface area (Å²) >= 11 is 0. The molecule has 2 aromatic rings. The molecule has 2 aromatic heterocycles. The van der Waals surface area contributed by atoms with Gasteiger partial charge >= 0.3 is 0 Å². The molecule has 0 unspecified atom stereocenters. The van der Waals surface area contributed by atoms with E-state index in [2.05, 4.69) is 19.1 Å². The van der Waals surface area contributed by atoms with Crippen LogP contribution >= 0.6 is 0 Å². The average Bonchev–Trinajstić information content (AvgIpc) is 2.84. The predicted octanol–water partition coefficient (Wildman–Crippen LogP) is 0.341. The molecule has 0 saturated heterocycles. The van der Waals surface area contributed by atoms with E-state index >= 15 is 0 Å². The van der Waals surface area contributed by atoms with E-state index in [0.29, 0.717) is 6.54 Å². The molecule has 5 nitrogen and oxygen atoms in total. The van der Waals surface area contributed by atoms with Crippen molar-refractivity contribution in [2.45, 2.75) is 19.4 Å². The summed E-state index contributed by atoms with van der Waals surface area (Å²) in [7, 11) is 2.04. The molecule has 2 N–H and O–H groups in total. The van der Waals surface area contributed by atoms with Gasteiger partial charge in [0.15, 0.2) is 0 Å². The first-order chi connectivity index (χ1) is 7.81. The second-order valence-electron chi connectivity index (χ2n) is 4.15. The number of nitrogens with zero attached hydrogens (tertiary/aromatic N) is 4. The lowest BCUT2D eigenvalue weighted by molar-refractivity contribution is 0.618. The highest BCUT2D eigenvalue weighted by Crippen LogP contribution is 2.28. The Morgan fingerprint density at radius 2 is 2.31 bits per heavy atom. The fourth-order valence-electron chi connectivity index (χ4n) is 2.36. The lowest BCUT2D eigenvalue weighted by atomic mass is 10.1. The quantitative estimate of drug-likeness (QED) is 0.789. The maximum atomic E-state index is 5.58. The van der Waals surface area contributed by atoms with Crippen LogP contribution in [0.15, 0.2) is 12.5 Å². The van der Waals surface area contributed by atoms with Crippen molar-refractivity contribution in [3.8, 4) is 11.4 Å². The lowest BCUT2D eigenvalue weighted by Crippen LogP contribution is -2.16. The standard InChI is InChI=1S/C11H15N5/c1-15-7-14-11-8(15)3-5-16-9(11)6-13-10(16)2-4-12/h6-7H,2-5,12H2,1H3. The van der Waals surface area contributed by atoms with Crippen LogP contribution in [0.25, 0.3) is 11.4 Å². The Hall–Kier alpha value is -1.62. The Labute approximate surface area is 93.9 Å². The molecule has 3 heterocycles. The first-order valence-corrected chi connectivity index (χ1v) is 5.56. The van der Waals surface area contributed by atoms with Gasteiger partial charge in [-0.15, -0.1) is 0 Å². The van der Waals surface area contributed by atoms with Crippen LogP contribution in [0.4, 0.5) is 0 Å². The van der Waals surface area contributed by atoms with Crippen LogP contribution in [-0.4, -0.2) is 25.6 Å². The van der Waals surface area contributed by atoms with Crippen LogP contribution in [0.2, 0.25) is 0 Å². The largest absolute Gasteiger partial charge is 0.337 e. The van der Waals surface area contributed by atoms with Crippen molar-refractivity contribution in [1.82, 2.24) is 19.1 Å². The van der Waals surface area contributed by atoms with E-state index in [1.165, 1.54) is 5.69 Å². The minimum absolute atomic E-state index is 0.644. The Bertz CT molecular complexity index is 522. The summed E-state index contributed by atoms with van der Waals surface area (Å²) in [6, 6.07) is 0. The van der Waals surface area contributed by atoms with Crippen molar-refractivity contribution < 1.29 is 0 Å². The molecule has 0 radical (unpaired) electrons. The van der Waals surface area contributed by atoms with Gasteiger partial charge in [0.25, 0.3) is 0 Å². The highest BCUT2D eigenvalue weighted by molar-refractivity contribution is 5.59. The van der Waals surface area contributed by atoms with Crippen molar-refractivity contribution in [3.05, 3.63) is 24.0 Å². The molecule has 3 rings (SSSR count). The fraction of sp³-hybridized carbons (Fsp3) is 0.455. The minimum atomic E-state index is 0.644. The fourth-order valence-corrected chi connectivity index (χ4v) is 2.36. The molecule has 1 aliphatic heterocycles. The third-order valence-corrected chi connectivity index (χ3v) is 3.18. The molecule has 0 aliphatic carbocycles. The van der Waals surface area contributed by atoms with E-state index in [9.17, 15) is 0 Å². The van der Waals surface area contributed by atoms with Gasteiger partial charge < -0.3 is 14.9 Å². The topological polar surface area (TPSA) is 61.7 Å². The van der Waals surface area contributed by atoms with Gasteiger partial charge in [-0.2, -0.15) is 0 Å². The van der Waals surface area contributed by atoms with Crippen molar-refractivity contribution in [2.24, 2.45) is 12.8 Å². The van der Waals surface area contributed by atoms with Gasteiger partial charge in [-0.1, -0.05) is 0 Å². The minimum Gasteiger partial charge on any atom is -0.337 e. The second-order valence-corrected chi connectivity index (χ2v) is 4.15. The Morgan fingerprint density at radius 3 is 3.12 bits per heavy atom. The Kier molecular flexibility index (Phi) is 2.07. The monoisotopic (exact) mass is 217 g/mol. The second kappa shape index (κ2) is 3.45. The lowest BCUT2D eigenvalue weighted by Gasteiger charge is -2.17. The van der Waals surface area contributed by atoms with E-state index in [4.69, 9.17) is 5.73 Å². The van der Waals surface area contributed by atoms with Crippen LogP contribution in [0.3, 0.4) is 0 Å². The summed E-state index contributed by atoms with van der Waals surface area (Å²) in [5.74, 6) is 1.08. The third kappa shape index (κ3) is 1.21. The van der Waals surface area contributed by atoms with E-state index in [-0.39, 0.29) is 0 Å². The molecular weight excluding hydrogens is 202 g/mol. The van der Waals surface area contributed by atoms with Gasteiger partial charge in [0, 0.05) is 32.1 Å². The summed E-state index contributed by atoms with van der Waals surface area (Å²) in [5.41, 5.74) is 9.08. The predicted molar refractivity (Wildman–Crippen MR) is 60.9 cm³/mol. The zero-order valence-corrected chi connectivity index (χ0v) is 9.35. The van der Waals surface area contributed by atoms with Crippen molar-refractivity contribution >= 4 is 0 Å². The van der Waals surface area contributed by atoms with Crippen molar-refractivity contribution in [3.63, 3.8) is 0 Å². The van der Waals surface area contributed by atoms with Gasteiger partial charge in [0.1, 0.15) is 11.5 Å². The van der Waals surface area contributed by atoms with Gasteiger partial charge in [-0.25, -0.2) is 9.97 Å². The zero-order chi connectivity index (χ0) is 11.1. The first-order valence-electron chi connectivity index (χ1n) is 5.56. The Balaban J connectivity index is 2.12. The molecule has 0 aromatic carbocycles. The maximum Gasteiger partial charge on any atom is 0.110 e. The molecule has 16 heavy (non-hydrogen) atoms. The summed E-state index contributed by atoms with van der Waals surface area (Å²) in [6.45, 7) is 1.63. The van der Waals surface area contributed by atoms with Crippen LogP contribution in [-0.2, 0) is 26.4 Å². The Morgan fingerprint density at radius 1 is 1.44 bits per heavy atom. The highest BCUT2D eigenvalue weighted by atomic mass is 15.1. The van der Waals surface area contributed by atoms with Crippen LogP contribution in [0.5, 0.6) is 0 Å². The molecule has 0 saturated carbocycles. The summed E-state index contributed by atoms with van der Waals surface area (Å²) in [6.07, 6.45) is 5.64. The summed E-state index contributed by atoms with van der Waals surface area (Å²) < 4.78 is 4.33. The molecule has 1 aliphatic rings. The van der Waals surface area contributed by atoms with Crippen LogP contribution < -0.4 is 5.73 Å². The number of hydrogen-bond acceptors (Lipinski definition) is 3. The molecule has 5 heteroatoms. The van der Waals surface area contributed by atoms with Gasteiger partial charge in [0.05, 0.1) is 18.2 Å². The van der Waals surface area contributed by atoms with E-state index in [0.717, 1.165) is 36.6 Å². The highest BCUT2D eigenvalue weighted by Gasteiger charge is 2.22. The third-order valence-electron chi connectivity index (χ3n) is 3.18. The number of nitrogens with two attached hydrogens (primary N) is 1. The van der Waals surface area contributed by atoms with Crippen LogP contribution in [0, 0.1) is 0 Å². The van der Waals surface area contributed by atoms with Crippen molar-refractivity contribution in [2.75, 3.05) is 6.54 Å². The van der Waals surface area contributed by atoms with E-state index in [1.807, 2.05) is 19.6 Å². The number of rotatable bonds is 2.